The normalized spacial score (nSPS) is 11.2. The molecule has 0 aliphatic carbocycles. The minimum Gasteiger partial charge on any atom is -0.452 e. The lowest BCUT2D eigenvalue weighted by Gasteiger charge is -2.09. The second-order valence-electron chi connectivity index (χ2n) is 6.31. The van der Waals surface area contributed by atoms with Crippen LogP contribution in [0.3, 0.4) is 0 Å². The van der Waals surface area contributed by atoms with E-state index in [-0.39, 0.29) is 10.5 Å². The van der Waals surface area contributed by atoms with Crippen molar-refractivity contribution >= 4 is 39.3 Å². The molecule has 162 valence electrons. The fourth-order valence-corrected chi connectivity index (χ4v) is 3.72. The molecule has 0 unspecified atom stereocenters. The summed E-state index contributed by atoms with van der Waals surface area (Å²) in [4.78, 5) is 24.1. The molecular weight excluding hydrogens is 442 g/mol. The lowest BCUT2D eigenvalue weighted by molar-refractivity contribution is -0.119. The molecule has 3 aromatic rings. The van der Waals surface area contributed by atoms with E-state index >= 15 is 0 Å². The average molecular weight is 462 g/mol. The number of hydrogen-bond acceptors (Lipinski definition) is 8. The number of hydrogen-bond donors (Lipinski definition) is 2. The largest absolute Gasteiger partial charge is 0.452 e. The fourth-order valence-electron chi connectivity index (χ4n) is 2.66. The maximum atomic E-state index is 12.2. The number of sulfonamides is 1. The molecule has 12 heteroatoms. The van der Waals surface area contributed by atoms with Crippen LogP contribution >= 0.6 is 11.8 Å². The summed E-state index contributed by atoms with van der Waals surface area (Å²) in [6.45, 7) is 1.33. The van der Waals surface area contributed by atoms with Gasteiger partial charge in [-0.15, -0.1) is 10.2 Å². The van der Waals surface area contributed by atoms with Gasteiger partial charge in [-0.25, -0.2) is 18.4 Å². The van der Waals surface area contributed by atoms with E-state index in [9.17, 15) is 18.0 Å². The van der Waals surface area contributed by atoms with Gasteiger partial charge in [-0.1, -0.05) is 11.8 Å². The number of nitrogens with two attached hydrogens (primary N) is 1. The average Bonchev–Trinajstić information content (AvgIpc) is 3.12. The fraction of sp³-hybridized carbons (Fsp3) is 0.158. The highest BCUT2D eigenvalue weighted by Gasteiger charge is 2.14. The van der Waals surface area contributed by atoms with Crippen LogP contribution in [0.25, 0.3) is 5.69 Å². The number of nitrogens with one attached hydrogen (secondary N) is 1. The van der Waals surface area contributed by atoms with Crippen molar-refractivity contribution in [3.63, 3.8) is 0 Å². The van der Waals surface area contributed by atoms with Crippen molar-refractivity contribution < 1.29 is 22.7 Å². The van der Waals surface area contributed by atoms with E-state index in [1.165, 1.54) is 36.0 Å². The van der Waals surface area contributed by atoms with Crippen LogP contribution in [0.15, 0.2) is 58.6 Å². The summed E-state index contributed by atoms with van der Waals surface area (Å²) in [6.07, 6.45) is 1.89. The van der Waals surface area contributed by atoms with Crippen molar-refractivity contribution in [1.29, 1.82) is 0 Å². The lowest BCUT2D eigenvalue weighted by Crippen LogP contribution is -2.21. The number of rotatable bonds is 7. The van der Waals surface area contributed by atoms with Crippen LogP contribution in [-0.4, -0.2) is 47.9 Å². The lowest BCUT2D eigenvalue weighted by atomic mass is 10.2. The molecule has 3 rings (SSSR count). The highest BCUT2D eigenvalue weighted by molar-refractivity contribution is 7.98. The van der Waals surface area contributed by atoms with E-state index in [4.69, 9.17) is 9.88 Å². The molecule has 0 aliphatic heterocycles. The monoisotopic (exact) mass is 461 g/mol. The molecule has 0 radical (unpaired) electrons. The maximum absolute atomic E-state index is 12.2. The molecule has 0 bridgehead atoms. The zero-order valence-electron chi connectivity index (χ0n) is 16.6. The van der Waals surface area contributed by atoms with E-state index in [1.807, 2.05) is 17.7 Å². The van der Waals surface area contributed by atoms with Crippen molar-refractivity contribution in [2.45, 2.75) is 17.0 Å². The predicted octanol–water partition coefficient (Wildman–Crippen LogP) is 1.74. The van der Waals surface area contributed by atoms with Gasteiger partial charge in [0.05, 0.1) is 10.5 Å². The van der Waals surface area contributed by atoms with Crippen LogP contribution < -0.4 is 10.5 Å². The molecule has 0 atom stereocenters. The van der Waals surface area contributed by atoms with Gasteiger partial charge in [-0.05, 0) is 61.7 Å². The van der Waals surface area contributed by atoms with Crippen LogP contribution in [-0.2, 0) is 19.6 Å². The third-order valence-electron chi connectivity index (χ3n) is 4.14. The van der Waals surface area contributed by atoms with Gasteiger partial charge in [0, 0.05) is 11.4 Å². The van der Waals surface area contributed by atoms with Crippen LogP contribution in [0, 0.1) is 6.92 Å². The summed E-state index contributed by atoms with van der Waals surface area (Å²) in [6, 6.07) is 11.9. The molecule has 1 amide bonds. The first kappa shape index (κ1) is 22.5. The first-order valence-electron chi connectivity index (χ1n) is 8.85. The van der Waals surface area contributed by atoms with Crippen molar-refractivity contribution in [1.82, 2.24) is 14.8 Å². The molecule has 0 saturated carbocycles. The summed E-state index contributed by atoms with van der Waals surface area (Å²) >= 11 is 1.45. The second kappa shape index (κ2) is 9.29. The van der Waals surface area contributed by atoms with Crippen LogP contribution in [0.5, 0.6) is 0 Å². The Morgan fingerprint density at radius 2 is 1.74 bits per heavy atom. The van der Waals surface area contributed by atoms with Gasteiger partial charge in [-0.3, -0.25) is 9.36 Å². The Hall–Kier alpha value is -3.22. The van der Waals surface area contributed by atoms with E-state index in [2.05, 4.69) is 15.5 Å². The SMILES string of the molecule is CSc1nnc(C)n1-c1ccc(C(=O)OCC(=O)Nc2ccc(S(N)(=O)=O)cc2)cc1. The smallest absolute Gasteiger partial charge is 0.338 e. The Morgan fingerprint density at radius 3 is 2.32 bits per heavy atom. The Balaban J connectivity index is 1.58. The van der Waals surface area contributed by atoms with E-state index in [1.54, 1.807) is 24.3 Å². The Bertz CT molecular complexity index is 1210. The molecule has 0 aliphatic rings. The molecule has 1 heterocycles. The zero-order chi connectivity index (χ0) is 22.6. The zero-order valence-corrected chi connectivity index (χ0v) is 18.2. The van der Waals surface area contributed by atoms with Gasteiger partial charge in [0.2, 0.25) is 10.0 Å². The van der Waals surface area contributed by atoms with Gasteiger partial charge < -0.3 is 10.1 Å². The Morgan fingerprint density at radius 1 is 1.10 bits per heavy atom. The molecule has 2 aromatic carbocycles. The van der Waals surface area contributed by atoms with Crippen molar-refractivity contribution in [3.8, 4) is 5.69 Å². The van der Waals surface area contributed by atoms with Gasteiger partial charge >= 0.3 is 5.97 Å². The Labute approximate surface area is 182 Å². The van der Waals surface area contributed by atoms with Gasteiger partial charge in [-0.2, -0.15) is 0 Å². The third kappa shape index (κ3) is 5.48. The highest BCUT2D eigenvalue weighted by Crippen LogP contribution is 2.20. The van der Waals surface area contributed by atoms with E-state index in [0.29, 0.717) is 11.5 Å². The third-order valence-corrected chi connectivity index (χ3v) is 5.70. The number of anilines is 1. The number of thioether (sulfide) groups is 1. The van der Waals surface area contributed by atoms with Gasteiger partial charge in [0.1, 0.15) is 5.82 Å². The van der Waals surface area contributed by atoms with E-state index in [0.717, 1.165) is 10.8 Å². The highest BCUT2D eigenvalue weighted by atomic mass is 32.2. The summed E-state index contributed by atoms with van der Waals surface area (Å²) in [5.74, 6) is -0.511. The molecule has 3 N–H and O–H groups in total. The molecule has 0 fully saturated rings. The number of amides is 1. The minimum absolute atomic E-state index is 0.0771. The van der Waals surface area contributed by atoms with Crippen molar-refractivity contribution in [3.05, 3.63) is 59.9 Å². The molecule has 1 aromatic heterocycles. The molecular formula is C19H19N5O5S2. The van der Waals surface area contributed by atoms with Crippen LogP contribution in [0.4, 0.5) is 5.69 Å². The van der Waals surface area contributed by atoms with Crippen molar-refractivity contribution in [2.75, 3.05) is 18.2 Å². The Kier molecular flexibility index (Phi) is 6.73. The minimum atomic E-state index is -3.82. The van der Waals surface area contributed by atoms with Crippen LogP contribution in [0.2, 0.25) is 0 Å². The summed E-state index contributed by atoms with van der Waals surface area (Å²) < 4.78 is 29.4. The molecule has 0 saturated heterocycles. The number of esters is 1. The number of aryl methyl sites for hydroxylation is 1. The van der Waals surface area contributed by atoms with Gasteiger partial charge in [0.25, 0.3) is 5.91 Å². The first-order valence-corrected chi connectivity index (χ1v) is 11.6. The summed E-state index contributed by atoms with van der Waals surface area (Å²) in [7, 11) is -3.82. The van der Waals surface area contributed by atoms with Gasteiger partial charge in [0.15, 0.2) is 11.8 Å². The standard InChI is InChI=1S/C19H19N5O5S2/c1-12-22-23-19(30-2)24(12)15-7-3-13(4-8-15)18(26)29-11-17(25)21-14-5-9-16(10-6-14)31(20,27)28/h3-10H,11H2,1-2H3,(H,21,25)(H2,20,27,28). The first-order chi connectivity index (χ1) is 14.7. The topological polar surface area (TPSA) is 146 Å². The number of primary sulfonamides is 1. The number of benzene rings is 2. The number of carbonyl (C=O) groups is 2. The molecule has 0 spiro atoms. The second-order valence-corrected chi connectivity index (χ2v) is 8.64. The summed E-state index contributed by atoms with van der Waals surface area (Å²) in [5.41, 5.74) is 1.42. The predicted molar refractivity (Wildman–Crippen MR) is 115 cm³/mol. The number of carbonyl (C=O) groups excluding carboxylic acids is 2. The number of aromatic nitrogens is 3. The van der Waals surface area contributed by atoms with Crippen LogP contribution in [0.1, 0.15) is 16.2 Å². The van der Waals surface area contributed by atoms with Crippen molar-refractivity contribution in [2.24, 2.45) is 5.14 Å². The summed E-state index contributed by atoms with van der Waals surface area (Å²) in [5, 5.41) is 16.4. The number of ether oxygens (including phenoxy) is 1. The number of nitrogens with zero attached hydrogens (tertiary/aromatic N) is 3. The maximum Gasteiger partial charge on any atom is 0.338 e. The van der Waals surface area contributed by atoms with E-state index < -0.39 is 28.5 Å². The molecule has 31 heavy (non-hydrogen) atoms. The quantitative estimate of drug-likeness (QED) is 0.400. The molecule has 10 nitrogen and oxygen atoms in total.